The number of rotatable bonds is 1. The molecule has 0 bridgehead atoms. The molecule has 1 unspecified atom stereocenters. The predicted molar refractivity (Wildman–Crippen MR) is 30.5 cm³/mol. The van der Waals surface area contributed by atoms with Crippen LogP contribution < -0.4 is 0 Å². The quantitative estimate of drug-likeness (QED) is 0.562. The van der Waals surface area contributed by atoms with E-state index in [9.17, 15) is 4.39 Å². The summed E-state index contributed by atoms with van der Waals surface area (Å²) in [6.07, 6.45) is 0.545. The third kappa shape index (κ3) is 1.25. The number of aromatic nitrogens is 3. The molecule has 0 fully saturated rings. The Morgan fingerprint density at radius 1 is 1.78 bits per heavy atom. The van der Waals surface area contributed by atoms with Crippen molar-refractivity contribution < 1.29 is 4.39 Å². The number of nitrogens with zero attached hydrogens (tertiary/aromatic N) is 3. The lowest BCUT2D eigenvalue weighted by molar-refractivity contribution is 0.365. The SMILES string of the molecule is CC(F)c1cn(C)nn1. The van der Waals surface area contributed by atoms with Crippen molar-refractivity contribution in [2.24, 2.45) is 7.05 Å². The van der Waals surface area contributed by atoms with Gasteiger partial charge >= 0.3 is 0 Å². The Hall–Kier alpha value is -0.930. The monoisotopic (exact) mass is 129 g/mol. The van der Waals surface area contributed by atoms with Crippen LogP contribution in [0.25, 0.3) is 0 Å². The molecule has 4 heteroatoms. The van der Waals surface area contributed by atoms with E-state index in [1.807, 2.05) is 0 Å². The summed E-state index contributed by atoms with van der Waals surface area (Å²) < 4.78 is 13.8. The highest BCUT2D eigenvalue weighted by molar-refractivity contribution is 4.94. The van der Waals surface area contributed by atoms with Crippen molar-refractivity contribution in [3.05, 3.63) is 11.9 Å². The van der Waals surface area contributed by atoms with E-state index in [1.165, 1.54) is 11.6 Å². The number of hydrogen-bond donors (Lipinski definition) is 0. The van der Waals surface area contributed by atoms with Crippen LogP contribution in [0.15, 0.2) is 6.20 Å². The van der Waals surface area contributed by atoms with Gasteiger partial charge in [-0.25, -0.2) is 4.39 Å². The summed E-state index contributed by atoms with van der Waals surface area (Å²) >= 11 is 0. The average Bonchev–Trinajstić information content (AvgIpc) is 2.14. The molecular formula is C5H8FN3. The van der Waals surface area contributed by atoms with Gasteiger partial charge < -0.3 is 0 Å². The fraction of sp³-hybridized carbons (Fsp3) is 0.600. The molecular weight excluding hydrogens is 121 g/mol. The lowest BCUT2D eigenvalue weighted by Crippen LogP contribution is -1.85. The Morgan fingerprint density at radius 3 is 2.67 bits per heavy atom. The van der Waals surface area contributed by atoms with Gasteiger partial charge in [0.1, 0.15) is 11.9 Å². The molecule has 1 heterocycles. The molecule has 0 amide bonds. The van der Waals surface area contributed by atoms with Gasteiger partial charge in [0.15, 0.2) is 0 Å². The largest absolute Gasteiger partial charge is 0.255 e. The second-order valence-corrected chi connectivity index (χ2v) is 1.93. The van der Waals surface area contributed by atoms with E-state index >= 15 is 0 Å². The first-order valence-electron chi connectivity index (χ1n) is 2.70. The van der Waals surface area contributed by atoms with Crippen LogP contribution in [-0.4, -0.2) is 15.0 Å². The van der Waals surface area contributed by atoms with Crippen LogP contribution in [0, 0.1) is 0 Å². The molecule has 3 nitrogen and oxygen atoms in total. The lowest BCUT2D eigenvalue weighted by atomic mass is 10.3. The Morgan fingerprint density at radius 2 is 2.44 bits per heavy atom. The maximum atomic E-state index is 12.3. The molecule has 9 heavy (non-hydrogen) atoms. The van der Waals surface area contributed by atoms with Gasteiger partial charge in [-0.15, -0.1) is 5.10 Å². The van der Waals surface area contributed by atoms with Crippen molar-refractivity contribution in [1.29, 1.82) is 0 Å². The van der Waals surface area contributed by atoms with E-state index in [4.69, 9.17) is 0 Å². The Labute approximate surface area is 52.5 Å². The molecule has 0 spiro atoms. The van der Waals surface area contributed by atoms with Gasteiger partial charge in [-0.1, -0.05) is 5.21 Å². The van der Waals surface area contributed by atoms with Crippen LogP contribution in [0.3, 0.4) is 0 Å². The second-order valence-electron chi connectivity index (χ2n) is 1.93. The van der Waals surface area contributed by atoms with Gasteiger partial charge in [-0.05, 0) is 6.92 Å². The van der Waals surface area contributed by atoms with Crippen LogP contribution in [0.4, 0.5) is 4.39 Å². The smallest absolute Gasteiger partial charge is 0.143 e. The number of aryl methyl sites for hydroxylation is 1. The van der Waals surface area contributed by atoms with Crippen LogP contribution in [0.2, 0.25) is 0 Å². The average molecular weight is 129 g/mol. The molecule has 0 saturated carbocycles. The highest BCUT2D eigenvalue weighted by atomic mass is 19.1. The van der Waals surface area contributed by atoms with Crippen molar-refractivity contribution >= 4 is 0 Å². The standard InChI is InChI=1S/C5H8FN3/c1-4(6)5-3-9(2)8-7-5/h3-4H,1-2H3. The van der Waals surface area contributed by atoms with E-state index in [1.54, 1.807) is 13.2 Å². The van der Waals surface area contributed by atoms with Crippen LogP contribution >= 0.6 is 0 Å². The van der Waals surface area contributed by atoms with E-state index in [2.05, 4.69) is 10.3 Å². The highest BCUT2D eigenvalue weighted by Crippen LogP contribution is 2.10. The Balaban J connectivity index is 2.85. The first kappa shape index (κ1) is 6.19. The minimum atomic E-state index is -1.02. The summed E-state index contributed by atoms with van der Waals surface area (Å²) in [5, 5.41) is 7.12. The zero-order chi connectivity index (χ0) is 6.85. The van der Waals surface area contributed by atoms with Crippen molar-refractivity contribution in [2.75, 3.05) is 0 Å². The lowest BCUT2D eigenvalue weighted by Gasteiger charge is -1.89. The molecule has 1 rings (SSSR count). The molecule has 1 atom stereocenters. The van der Waals surface area contributed by atoms with Gasteiger partial charge in [0.2, 0.25) is 0 Å². The normalized spacial score (nSPS) is 13.7. The summed E-state index contributed by atoms with van der Waals surface area (Å²) in [6.45, 7) is 1.43. The van der Waals surface area contributed by atoms with E-state index < -0.39 is 6.17 Å². The molecule has 0 aromatic carbocycles. The minimum absolute atomic E-state index is 0.387. The van der Waals surface area contributed by atoms with Gasteiger partial charge in [0.05, 0.1) is 6.20 Å². The Bertz CT molecular complexity index is 194. The fourth-order valence-corrected chi connectivity index (χ4v) is 0.548. The molecule has 1 aromatic rings. The third-order valence-electron chi connectivity index (χ3n) is 1.03. The van der Waals surface area contributed by atoms with Crippen molar-refractivity contribution in [1.82, 2.24) is 15.0 Å². The van der Waals surface area contributed by atoms with E-state index in [-0.39, 0.29) is 0 Å². The summed E-state index contributed by atoms with van der Waals surface area (Å²) in [7, 11) is 1.71. The van der Waals surface area contributed by atoms with Gasteiger partial charge in [-0.2, -0.15) is 0 Å². The van der Waals surface area contributed by atoms with E-state index in [0.717, 1.165) is 0 Å². The van der Waals surface area contributed by atoms with Gasteiger partial charge in [-0.3, -0.25) is 4.68 Å². The maximum Gasteiger partial charge on any atom is 0.143 e. The van der Waals surface area contributed by atoms with Crippen molar-refractivity contribution in [3.63, 3.8) is 0 Å². The second kappa shape index (κ2) is 2.13. The van der Waals surface area contributed by atoms with E-state index in [0.29, 0.717) is 5.69 Å². The molecule has 0 N–H and O–H groups in total. The third-order valence-corrected chi connectivity index (χ3v) is 1.03. The maximum absolute atomic E-state index is 12.3. The number of hydrogen-bond acceptors (Lipinski definition) is 2. The fourth-order valence-electron chi connectivity index (χ4n) is 0.548. The summed E-state index contributed by atoms with van der Waals surface area (Å²) in [4.78, 5) is 0. The molecule has 0 aliphatic rings. The highest BCUT2D eigenvalue weighted by Gasteiger charge is 2.04. The molecule has 1 aromatic heterocycles. The molecule has 0 saturated heterocycles. The van der Waals surface area contributed by atoms with Crippen LogP contribution in [0.5, 0.6) is 0 Å². The number of alkyl halides is 1. The number of halogens is 1. The Kier molecular flexibility index (Phi) is 1.46. The van der Waals surface area contributed by atoms with Crippen LogP contribution in [-0.2, 0) is 7.05 Å². The molecule has 50 valence electrons. The van der Waals surface area contributed by atoms with Gasteiger partial charge in [0, 0.05) is 7.05 Å². The first-order valence-corrected chi connectivity index (χ1v) is 2.70. The summed E-state index contributed by atoms with van der Waals surface area (Å²) in [6, 6.07) is 0. The zero-order valence-electron chi connectivity index (χ0n) is 5.37. The zero-order valence-corrected chi connectivity index (χ0v) is 5.37. The van der Waals surface area contributed by atoms with Crippen molar-refractivity contribution in [2.45, 2.75) is 13.1 Å². The van der Waals surface area contributed by atoms with Gasteiger partial charge in [0.25, 0.3) is 0 Å². The minimum Gasteiger partial charge on any atom is -0.255 e. The summed E-state index contributed by atoms with van der Waals surface area (Å²) in [5.41, 5.74) is 0.387. The van der Waals surface area contributed by atoms with Crippen LogP contribution in [0.1, 0.15) is 18.8 Å². The summed E-state index contributed by atoms with van der Waals surface area (Å²) in [5.74, 6) is 0. The first-order chi connectivity index (χ1) is 4.20. The molecule has 0 aliphatic heterocycles. The molecule has 0 aliphatic carbocycles. The van der Waals surface area contributed by atoms with Crippen molar-refractivity contribution in [3.8, 4) is 0 Å². The molecule has 0 radical (unpaired) electrons. The predicted octanol–water partition coefficient (Wildman–Crippen LogP) is 0.846. The topological polar surface area (TPSA) is 30.7 Å².